The fourth-order valence-corrected chi connectivity index (χ4v) is 2.44. The molecule has 1 amide bonds. The summed E-state index contributed by atoms with van der Waals surface area (Å²) in [6, 6.07) is 5.29. The molecule has 0 fully saturated rings. The second-order valence-corrected chi connectivity index (χ2v) is 5.27. The van der Waals surface area contributed by atoms with Gasteiger partial charge in [-0.1, -0.05) is 11.3 Å². The Morgan fingerprint density at radius 3 is 3.17 bits per heavy atom. The Kier molecular flexibility index (Phi) is 4.42. The summed E-state index contributed by atoms with van der Waals surface area (Å²) in [7, 11) is 0.657. The minimum absolute atomic E-state index is 0.262. The number of nitrogens with zero attached hydrogens (tertiary/aromatic N) is 3. The lowest BCUT2D eigenvalue weighted by Gasteiger charge is -2.07. The third-order valence-electron chi connectivity index (χ3n) is 3.77. The van der Waals surface area contributed by atoms with Crippen molar-refractivity contribution in [3.8, 4) is 0 Å². The predicted molar refractivity (Wildman–Crippen MR) is 83.4 cm³/mol. The van der Waals surface area contributed by atoms with E-state index in [1.807, 2.05) is 6.07 Å². The van der Waals surface area contributed by atoms with Crippen LogP contribution in [0.2, 0.25) is 0 Å². The summed E-state index contributed by atoms with van der Waals surface area (Å²) in [6.07, 6.45) is 0. The van der Waals surface area contributed by atoms with Crippen LogP contribution in [0.15, 0.2) is 18.2 Å². The summed E-state index contributed by atoms with van der Waals surface area (Å²) in [5.74, 6) is -0.348. The molecule has 3 rings (SSSR count). The van der Waals surface area contributed by atoms with Crippen molar-refractivity contribution in [3.63, 3.8) is 0 Å². The molecule has 0 radical (unpaired) electrons. The highest BCUT2D eigenvalue weighted by Crippen LogP contribution is 2.15. The first-order valence-electron chi connectivity index (χ1n) is 7.23. The van der Waals surface area contributed by atoms with Gasteiger partial charge in [0.2, 0.25) is 0 Å². The highest BCUT2D eigenvalue weighted by Gasteiger charge is 2.27. The molecule has 0 saturated heterocycles. The third-order valence-corrected chi connectivity index (χ3v) is 3.77. The van der Waals surface area contributed by atoms with Gasteiger partial charge < -0.3 is 19.7 Å². The molecule has 2 aromatic rings. The first kappa shape index (κ1) is 15.7. The van der Waals surface area contributed by atoms with Crippen LogP contribution in [-0.4, -0.2) is 46.8 Å². The Labute approximate surface area is 133 Å². The smallest absolute Gasteiger partial charge is 0.423 e. The van der Waals surface area contributed by atoms with Crippen LogP contribution in [0.5, 0.6) is 0 Å². The Morgan fingerprint density at radius 2 is 2.39 bits per heavy atom. The minimum Gasteiger partial charge on any atom is -0.423 e. The second-order valence-electron chi connectivity index (χ2n) is 5.27. The van der Waals surface area contributed by atoms with E-state index in [9.17, 15) is 9.82 Å². The number of hydrogen-bond acceptors (Lipinski definition) is 6. The average Bonchev–Trinajstić information content (AvgIpc) is 3.09. The van der Waals surface area contributed by atoms with Crippen LogP contribution < -0.4 is 10.8 Å². The van der Waals surface area contributed by atoms with E-state index >= 15 is 0 Å². The van der Waals surface area contributed by atoms with E-state index in [2.05, 4.69) is 15.6 Å². The molecule has 1 aliphatic rings. The second kappa shape index (κ2) is 6.49. The zero-order valence-electron chi connectivity index (χ0n) is 12.9. The molecular weight excluding hydrogens is 299 g/mol. The molecule has 9 heteroatoms. The van der Waals surface area contributed by atoms with Gasteiger partial charge in [0.1, 0.15) is 0 Å². The molecule has 1 aromatic heterocycles. The van der Waals surface area contributed by atoms with E-state index < -0.39 is 7.12 Å². The lowest BCUT2D eigenvalue weighted by Crippen LogP contribution is -2.28. The molecule has 23 heavy (non-hydrogen) atoms. The van der Waals surface area contributed by atoms with Crippen molar-refractivity contribution < 1.29 is 19.2 Å². The first-order valence-corrected chi connectivity index (χ1v) is 7.23. The van der Waals surface area contributed by atoms with E-state index in [1.54, 1.807) is 30.8 Å². The van der Waals surface area contributed by atoms with Gasteiger partial charge in [-0.3, -0.25) is 4.79 Å². The molecule has 0 bridgehead atoms. The minimum atomic E-state index is -0.946. The molecule has 120 valence electrons. The lowest BCUT2D eigenvalue weighted by molar-refractivity contribution is 0.102. The van der Waals surface area contributed by atoms with Gasteiger partial charge in [-0.05, 0) is 30.1 Å². The van der Waals surface area contributed by atoms with Crippen LogP contribution in [0, 0.1) is 6.92 Å². The highest BCUT2D eigenvalue weighted by molar-refractivity contribution is 6.61. The van der Waals surface area contributed by atoms with E-state index in [0.29, 0.717) is 36.6 Å². The predicted octanol–water partition coefficient (Wildman–Crippen LogP) is -0.297. The molecular formula is C14H17BN4O4. The quantitative estimate of drug-likeness (QED) is 0.735. The molecule has 1 aliphatic heterocycles. The number of amides is 1. The number of hydrogen-bond donors (Lipinski definition) is 2. The number of rotatable bonds is 5. The SMILES string of the molecule is COCCn1nnc(C(=O)Nc2ccc3c(c2)B(O)OC3)c1C. The van der Waals surface area contributed by atoms with Crippen LogP contribution in [0.4, 0.5) is 5.69 Å². The van der Waals surface area contributed by atoms with E-state index in [4.69, 9.17) is 9.39 Å². The molecule has 0 atom stereocenters. The monoisotopic (exact) mass is 316 g/mol. The maximum Gasteiger partial charge on any atom is 0.491 e. The fraction of sp³-hybridized carbons (Fsp3) is 0.357. The number of benzene rings is 1. The number of ether oxygens (including phenoxy) is 1. The Morgan fingerprint density at radius 1 is 1.57 bits per heavy atom. The summed E-state index contributed by atoms with van der Waals surface area (Å²) < 4.78 is 11.8. The van der Waals surface area contributed by atoms with Gasteiger partial charge in [-0.25, -0.2) is 4.68 Å². The Balaban J connectivity index is 1.75. The number of nitrogens with one attached hydrogen (secondary N) is 1. The zero-order chi connectivity index (χ0) is 16.4. The van der Waals surface area contributed by atoms with Crippen LogP contribution in [0.3, 0.4) is 0 Å². The molecule has 8 nitrogen and oxygen atoms in total. The summed E-state index contributed by atoms with van der Waals surface area (Å²) in [6.45, 7) is 3.18. The number of carbonyl (C=O) groups is 1. The number of methoxy groups -OCH3 is 1. The van der Waals surface area contributed by atoms with Gasteiger partial charge in [0.05, 0.1) is 25.5 Å². The fourth-order valence-electron chi connectivity index (χ4n) is 2.44. The maximum atomic E-state index is 12.4. The summed E-state index contributed by atoms with van der Waals surface area (Å²) in [5.41, 5.74) is 3.09. The van der Waals surface area contributed by atoms with E-state index in [0.717, 1.165) is 5.56 Å². The third kappa shape index (κ3) is 3.12. The van der Waals surface area contributed by atoms with E-state index in [1.165, 1.54) is 0 Å². The van der Waals surface area contributed by atoms with Gasteiger partial charge in [0.25, 0.3) is 5.91 Å². The summed E-state index contributed by atoms with van der Waals surface area (Å²) in [5, 5.41) is 20.4. The molecule has 1 aromatic carbocycles. The van der Waals surface area contributed by atoms with Crippen molar-refractivity contribution in [1.82, 2.24) is 15.0 Å². The molecule has 0 unspecified atom stereocenters. The Hall–Kier alpha value is -2.23. The normalized spacial score (nSPS) is 13.3. The Bertz CT molecular complexity index is 734. The van der Waals surface area contributed by atoms with Crippen LogP contribution in [0.1, 0.15) is 21.7 Å². The molecule has 2 heterocycles. The van der Waals surface area contributed by atoms with Crippen molar-refractivity contribution in [2.24, 2.45) is 0 Å². The van der Waals surface area contributed by atoms with Gasteiger partial charge in [-0.15, -0.1) is 5.10 Å². The number of aromatic nitrogens is 3. The van der Waals surface area contributed by atoms with Gasteiger partial charge in [0.15, 0.2) is 5.69 Å². The number of carbonyl (C=O) groups excluding carboxylic acids is 1. The van der Waals surface area contributed by atoms with Gasteiger partial charge in [-0.2, -0.15) is 0 Å². The largest absolute Gasteiger partial charge is 0.491 e. The molecule has 0 saturated carbocycles. The van der Waals surface area contributed by atoms with Crippen LogP contribution in [-0.2, 0) is 22.5 Å². The van der Waals surface area contributed by atoms with E-state index in [-0.39, 0.29) is 11.6 Å². The zero-order valence-corrected chi connectivity index (χ0v) is 12.9. The topological polar surface area (TPSA) is 98.5 Å². The lowest BCUT2D eigenvalue weighted by atomic mass is 9.79. The maximum absolute atomic E-state index is 12.4. The van der Waals surface area contributed by atoms with Crippen LogP contribution in [0.25, 0.3) is 0 Å². The highest BCUT2D eigenvalue weighted by atomic mass is 16.5. The number of anilines is 1. The molecule has 2 N–H and O–H groups in total. The van der Waals surface area contributed by atoms with Crippen molar-refractivity contribution in [2.75, 3.05) is 19.0 Å². The molecule has 0 aliphatic carbocycles. The van der Waals surface area contributed by atoms with Crippen molar-refractivity contribution in [2.45, 2.75) is 20.1 Å². The standard InChI is InChI=1S/C14H17BN4O4/c1-9-13(17-18-19(9)5-6-22-2)14(20)16-11-4-3-10-8-23-15(21)12(10)7-11/h3-4,7,21H,5-6,8H2,1-2H3,(H,16,20). The van der Waals surface area contributed by atoms with Crippen molar-refractivity contribution in [1.29, 1.82) is 0 Å². The van der Waals surface area contributed by atoms with Crippen LogP contribution >= 0.6 is 0 Å². The van der Waals surface area contributed by atoms with Gasteiger partial charge >= 0.3 is 7.12 Å². The van der Waals surface area contributed by atoms with Crippen molar-refractivity contribution in [3.05, 3.63) is 35.2 Å². The summed E-state index contributed by atoms with van der Waals surface area (Å²) in [4.78, 5) is 12.4. The molecule has 0 spiro atoms. The van der Waals surface area contributed by atoms with Gasteiger partial charge in [0, 0.05) is 12.8 Å². The summed E-state index contributed by atoms with van der Waals surface area (Å²) >= 11 is 0. The van der Waals surface area contributed by atoms with Crippen molar-refractivity contribution >= 4 is 24.2 Å². The average molecular weight is 316 g/mol. The number of fused-ring (bicyclic) bond motifs is 1. The first-order chi connectivity index (χ1) is 11.1.